The highest BCUT2D eigenvalue weighted by Crippen LogP contribution is 2.42. The van der Waals surface area contributed by atoms with Crippen LogP contribution < -0.4 is 0 Å². The minimum absolute atomic E-state index is 0.0151. The van der Waals surface area contributed by atoms with E-state index in [0.717, 1.165) is 34.2 Å². The quantitative estimate of drug-likeness (QED) is 0.187. The Morgan fingerprint density at radius 2 is 1.20 bits per heavy atom. The third kappa shape index (κ3) is 5.18. The highest BCUT2D eigenvalue weighted by atomic mass is 15.0. The van der Waals surface area contributed by atoms with Gasteiger partial charge in [-0.05, 0) is 75.4 Å². The molecule has 0 fully saturated rings. The average Bonchev–Trinajstić information content (AvgIpc) is 3.28. The van der Waals surface area contributed by atoms with E-state index in [1.54, 1.807) is 24.8 Å². The molecule has 1 unspecified atom stereocenters. The van der Waals surface area contributed by atoms with Crippen LogP contribution in [0.1, 0.15) is 28.2 Å². The summed E-state index contributed by atoms with van der Waals surface area (Å²) in [6, 6.07) is 40.0. The maximum absolute atomic E-state index is 4.93. The van der Waals surface area contributed by atoms with E-state index in [9.17, 15) is 0 Å². The van der Waals surface area contributed by atoms with E-state index in [2.05, 4.69) is 114 Å². The summed E-state index contributed by atoms with van der Waals surface area (Å²) < 4.78 is 0. The molecule has 4 aromatic carbocycles. The summed E-state index contributed by atoms with van der Waals surface area (Å²) in [6.45, 7) is 4.65. The molecule has 0 aliphatic heterocycles. The summed E-state index contributed by atoms with van der Waals surface area (Å²) in [4.78, 5) is 23.3. The summed E-state index contributed by atoms with van der Waals surface area (Å²) in [6.07, 6.45) is 10.2. The van der Waals surface area contributed by atoms with Crippen molar-refractivity contribution in [2.75, 3.05) is 0 Å². The molecule has 3 heterocycles. The lowest BCUT2D eigenvalue weighted by Crippen LogP contribution is -2.03. The van der Waals surface area contributed by atoms with Crippen LogP contribution >= 0.6 is 0 Å². The number of hydrogen-bond donors (Lipinski definition) is 0. The van der Waals surface area contributed by atoms with Crippen LogP contribution in [-0.4, -0.2) is 24.9 Å². The number of nitrogens with zero attached hydrogens (tertiary/aromatic N) is 5. The van der Waals surface area contributed by atoms with E-state index in [1.165, 1.54) is 33.0 Å². The van der Waals surface area contributed by atoms with Gasteiger partial charge in [-0.15, -0.1) is 0 Å². The first-order chi connectivity index (χ1) is 22.7. The van der Waals surface area contributed by atoms with Gasteiger partial charge in [-0.3, -0.25) is 9.97 Å². The molecule has 218 valence electrons. The summed E-state index contributed by atoms with van der Waals surface area (Å²) in [7, 11) is 0. The Morgan fingerprint density at radius 3 is 1.89 bits per heavy atom. The summed E-state index contributed by atoms with van der Waals surface area (Å²) in [5.74, 6) is 1.71. The van der Waals surface area contributed by atoms with E-state index in [4.69, 9.17) is 15.0 Å². The summed E-state index contributed by atoms with van der Waals surface area (Å²) >= 11 is 0. The maximum Gasteiger partial charge on any atom is 0.165 e. The van der Waals surface area contributed by atoms with Gasteiger partial charge < -0.3 is 0 Å². The zero-order chi connectivity index (χ0) is 30.9. The van der Waals surface area contributed by atoms with E-state index in [1.807, 2.05) is 24.3 Å². The molecule has 0 saturated carbocycles. The van der Waals surface area contributed by atoms with Gasteiger partial charge >= 0.3 is 0 Å². The van der Waals surface area contributed by atoms with Crippen LogP contribution in [0.4, 0.5) is 0 Å². The van der Waals surface area contributed by atoms with Gasteiger partial charge in [0.15, 0.2) is 17.5 Å². The normalized spacial score (nSPS) is 14.4. The molecule has 0 amide bonds. The molecule has 46 heavy (non-hydrogen) atoms. The van der Waals surface area contributed by atoms with Crippen molar-refractivity contribution < 1.29 is 0 Å². The Kier molecular flexibility index (Phi) is 7.04. The Bertz CT molecular complexity index is 2190. The van der Waals surface area contributed by atoms with Gasteiger partial charge in [-0.25, -0.2) is 15.0 Å². The zero-order valence-electron chi connectivity index (χ0n) is 25.1. The number of benzene rings is 4. The second-order valence-corrected chi connectivity index (χ2v) is 11.5. The molecular formula is C41H29N5. The fraction of sp³-hybridized carbons (Fsp3) is 0.0488. The smallest absolute Gasteiger partial charge is 0.165 e. The zero-order valence-corrected chi connectivity index (χ0v) is 25.1. The van der Waals surface area contributed by atoms with Crippen LogP contribution in [0.2, 0.25) is 0 Å². The largest absolute Gasteiger partial charge is 0.264 e. The molecule has 0 N–H and O–H groups in total. The number of aromatic nitrogens is 5. The molecule has 3 aromatic heterocycles. The molecule has 0 bridgehead atoms. The van der Waals surface area contributed by atoms with E-state index < -0.39 is 0 Å². The van der Waals surface area contributed by atoms with Crippen molar-refractivity contribution in [1.82, 2.24) is 24.9 Å². The van der Waals surface area contributed by atoms with Gasteiger partial charge in [-0.2, -0.15) is 0 Å². The molecule has 1 aliphatic rings. The Hall–Kier alpha value is -6.07. The van der Waals surface area contributed by atoms with Crippen molar-refractivity contribution in [3.63, 3.8) is 0 Å². The Balaban J connectivity index is 1.28. The summed E-state index contributed by atoms with van der Waals surface area (Å²) in [5, 5.41) is 2.49. The lowest BCUT2D eigenvalue weighted by molar-refractivity contribution is 0.946. The van der Waals surface area contributed by atoms with Gasteiger partial charge in [0.25, 0.3) is 0 Å². The Labute approximate surface area is 267 Å². The second-order valence-electron chi connectivity index (χ2n) is 11.5. The predicted octanol–water partition coefficient (Wildman–Crippen LogP) is 9.14. The van der Waals surface area contributed by atoms with E-state index in [0.29, 0.717) is 17.5 Å². The van der Waals surface area contributed by atoms with Crippen LogP contribution in [0, 0.1) is 0 Å². The van der Waals surface area contributed by atoms with Crippen molar-refractivity contribution in [3.05, 3.63) is 181 Å². The summed E-state index contributed by atoms with van der Waals surface area (Å²) in [5.41, 5.74) is 9.82. The first-order valence-electron chi connectivity index (χ1n) is 15.3. The fourth-order valence-corrected chi connectivity index (χ4v) is 6.32. The molecule has 0 saturated heterocycles. The molecule has 7 aromatic rings. The minimum atomic E-state index is -0.0151. The van der Waals surface area contributed by atoms with Crippen LogP contribution in [-0.2, 0) is 6.42 Å². The van der Waals surface area contributed by atoms with Crippen molar-refractivity contribution >= 4 is 16.3 Å². The molecule has 5 heteroatoms. The monoisotopic (exact) mass is 591 g/mol. The van der Waals surface area contributed by atoms with Gasteiger partial charge in [0, 0.05) is 47.4 Å². The van der Waals surface area contributed by atoms with Crippen LogP contribution in [0.3, 0.4) is 0 Å². The highest BCUT2D eigenvalue weighted by Gasteiger charge is 2.24. The molecule has 0 radical (unpaired) electrons. The number of fused-ring (bicyclic) bond motifs is 3. The van der Waals surface area contributed by atoms with Crippen molar-refractivity contribution in [2.24, 2.45) is 0 Å². The average molecular weight is 592 g/mol. The fourth-order valence-electron chi connectivity index (χ4n) is 6.32. The maximum atomic E-state index is 4.93. The molecule has 8 rings (SSSR count). The number of hydrogen-bond acceptors (Lipinski definition) is 5. The molecular weight excluding hydrogens is 562 g/mol. The van der Waals surface area contributed by atoms with E-state index in [-0.39, 0.29) is 5.92 Å². The van der Waals surface area contributed by atoms with Gasteiger partial charge in [0.05, 0.1) is 0 Å². The minimum Gasteiger partial charge on any atom is -0.264 e. The third-order valence-corrected chi connectivity index (χ3v) is 8.54. The molecule has 0 spiro atoms. The first-order valence-corrected chi connectivity index (χ1v) is 15.3. The third-order valence-electron chi connectivity index (χ3n) is 8.54. The highest BCUT2D eigenvalue weighted by molar-refractivity contribution is 6.00. The predicted molar refractivity (Wildman–Crippen MR) is 185 cm³/mol. The second kappa shape index (κ2) is 11.8. The lowest BCUT2D eigenvalue weighted by Gasteiger charge is -2.17. The number of pyridine rings is 2. The molecule has 5 nitrogen and oxygen atoms in total. The first kappa shape index (κ1) is 27.5. The standard InChI is InChI=1S/C41H29N5/c1-27-22-31-19-18-29-12-5-6-17-35(29)38(31)37(28-10-3-2-4-11-28)24-36(27)30-13-7-14-32(23-30)39-44-40(33-15-8-20-42-25-33)46-41(45-39)34-16-9-21-43-26-34/h2-21,23-26,36H,1,22H2. The van der Waals surface area contributed by atoms with Crippen molar-refractivity contribution in [1.29, 1.82) is 0 Å². The van der Waals surface area contributed by atoms with Crippen molar-refractivity contribution in [2.45, 2.75) is 12.3 Å². The molecule has 1 aliphatic carbocycles. The van der Waals surface area contributed by atoms with Gasteiger partial charge in [-0.1, -0.05) is 103 Å². The van der Waals surface area contributed by atoms with Crippen LogP contribution in [0.5, 0.6) is 0 Å². The van der Waals surface area contributed by atoms with E-state index >= 15 is 0 Å². The van der Waals surface area contributed by atoms with Crippen LogP contribution in [0.15, 0.2) is 158 Å². The topological polar surface area (TPSA) is 64.5 Å². The SMILES string of the molecule is C=C1Cc2ccc3ccccc3c2C(c2ccccc2)=CC1c1cccc(-c2nc(-c3cccnc3)nc(-c3cccnc3)n2)c1. The molecule has 1 atom stereocenters. The Morgan fingerprint density at radius 1 is 0.565 bits per heavy atom. The number of rotatable bonds is 5. The van der Waals surface area contributed by atoms with Gasteiger partial charge in [0.2, 0.25) is 0 Å². The number of allylic oxidation sites excluding steroid dienone is 2. The van der Waals surface area contributed by atoms with Crippen molar-refractivity contribution in [3.8, 4) is 34.2 Å². The van der Waals surface area contributed by atoms with Crippen LogP contribution in [0.25, 0.3) is 50.5 Å². The van der Waals surface area contributed by atoms with Gasteiger partial charge in [0.1, 0.15) is 0 Å². The lowest BCUT2D eigenvalue weighted by atomic mass is 9.87.